The van der Waals surface area contributed by atoms with E-state index in [0.717, 1.165) is 17.1 Å². The molecule has 42 heavy (non-hydrogen) atoms. The third kappa shape index (κ3) is 4.66. The number of hydrogen-bond donors (Lipinski definition) is 0. The first kappa shape index (κ1) is 26.5. The first-order chi connectivity index (χ1) is 20.6. The van der Waals surface area contributed by atoms with Crippen molar-refractivity contribution in [3.63, 3.8) is 0 Å². The molecule has 0 aromatic heterocycles. The van der Waals surface area contributed by atoms with Crippen molar-refractivity contribution >= 4 is 61.2 Å². The number of aryl methyl sites for hydroxylation is 2. The van der Waals surface area contributed by atoms with Crippen molar-refractivity contribution in [1.29, 1.82) is 0 Å². The normalized spacial score (nSPS) is 11.2. The number of anilines is 3. The van der Waals surface area contributed by atoms with Crippen molar-refractivity contribution < 1.29 is 0 Å². The van der Waals surface area contributed by atoms with Crippen LogP contribution in [0.5, 0.6) is 0 Å². The second kappa shape index (κ2) is 11.1. The SMILES string of the molecule is Cc1ccc2ccccc2c1-c1cc(N(c2ccccc2)c2ccccc2)cc(-c2c(C)ccc3ccccc23)c1I. The van der Waals surface area contributed by atoms with E-state index in [-0.39, 0.29) is 0 Å². The topological polar surface area (TPSA) is 3.24 Å². The second-order valence-electron chi connectivity index (χ2n) is 10.8. The smallest absolute Gasteiger partial charge is 0.0474 e. The Labute approximate surface area is 261 Å². The number of halogens is 1. The lowest BCUT2D eigenvalue weighted by Gasteiger charge is -2.28. The fraction of sp³-hybridized carbons (Fsp3) is 0.0500. The van der Waals surface area contributed by atoms with Crippen LogP contribution in [-0.4, -0.2) is 0 Å². The van der Waals surface area contributed by atoms with Gasteiger partial charge in [0, 0.05) is 20.6 Å². The zero-order valence-corrected chi connectivity index (χ0v) is 25.8. The average Bonchev–Trinajstić information content (AvgIpc) is 3.03. The summed E-state index contributed by atoms with van der Waals surface area (Å²) in [6.07, 6.45) is 0. The molecular formula is C40H30IN. The molecule has 0 atom stereocenters. The van der Waals surface area contributed by atoms with Crippen molar-refractivity contribution in [2.24, 2.45) is 0 Å². The van der Waals surface area contributed by atoms with E-state index in [9.17, 15) is 0 Å². The lowest BCUT2D eigenvalue weighted by molar-refractivity contribution is 1.28. The Hall–Kier alpha value is -4.41. The number of fused-ring (bicyclic) bond motifs is 2. The van der Waals surface area contributed by atoms with E-state index in [1.165, 1.54) is 58.5 Å². The van der Waals surface area contributed by atoms with Crippen molar-refractivity contribution in [2.75, 3.05) is 4.90 Å². The summed E-state index contributed by atoms with van der Waals surface area (Å²) in [5.41, 5.74) is 11.0. The van der Waals surface area contributed by atoms with Gasteiger partial charge in [-0.1, -0.05) is 109 Å². The van der Waals surface area contributed by atoms with Gasteiger partial charge in [0.1, 0.15) is 0 Å². The van der Waals surface area contributed by atoms with Crippen LogP contribution >= 0.6 is 22.6 Å². The van der Waals surface area contributed by atoms with E-state index in [2.05, 4.69) is 187 Å². The predicted molar refractivity (Wildman–Crippen MR) is 189 cm³/mol. The molecule has 0 unspecified atom stereocenters. The Kier molecular flexibility index (Phi) is 7.01. The van der Waals surface area contributed by atoms with E-state index in [1.807, 2.05) is 0 Å². The van der Waals surface area contributed by atoms with Gasteiger partial charge >= 0.3 is 0 Å². The molecule has 0 fully saturated rings. The lowest BCUT2D eigenvalue weighted by atomic mass is 9.88. The van der Waals surface area contributed by atoms with Gasteiger partial charge in [-0.25, -0.2) is 0 Å². The molecule has 0 aliphatic heterocycles. The highest BCUT2D eigenvalue weighted by molar-refractivity contribution is 14.1. The van der Waals surface area contributed by atoms with Crippen LogP contribution in [0.15, 0.2) is 146 Å². The zero-order valence-electron chi connectivity index (χ0n) is 23.7. The Bertz CT molecular complexity index is 1920. The van der Waals surface area contributed by atoms with Gasteiger partial charge in [-0.3, -0.25) is 0 Å². The van der Waals surface area contributed by atoms with Gasteiger partial charge in [-0.05, 0) is 128 Å². The molecule has 0 aliphatic rings. The van der Waals surface area contributed by atoms with Crippen LogP contribution in [0.1, 0.15) is 11.1 Å². The van der Waals surface area contributed by atoms with Crippen LogP contribution in [-0.2, 0) is 0 Å². The van der Waals surface area contributed by atoms with Crippen LogP contribution in [0.4, 0.5) is 17.1 Å². The molecule has 0 heterocycles. The molecule has 0 bridgehead atoms. The Morgan fingerprint density at radius 1 is 0.429 bits per heavy atom. The van der Waals surface area contributed by atoms with Crippen LogP contribution in [0.2, 0.25) is 0 Å². The van der Waals surface area contributed by atoms with Gasteiger partial charge in [-0.15, -0.1) is 0 Å². The minimum Gasteiger partial charge on any atom is -0.310 e. The molecule has 2 heteroatoms. The van der Waals surface area contributed by atoms with Gasteiger partial charge in [-0.2, -0.15) is 0 Å². The highest BCUT2D eigenvalue weighted by atomic mass is 127. The maximum Gasteiger partial charge on any atom is 0.0474 e. The molecule has 1 nitrogen and oxygen atoms in total. The van der Waals surface area contributed by atoms with Crippen LogP contribution < -0.4 is 4.90 Å². The predicted octanol–water partition coefficient (Wildman–Crippen LogP) is 12.0. The number of nitrogens with zero attached hydrogens (tertiary/aromatic N) is 1. The molecule has 0 aliphatic carbocycles. The summed E-state index contributed by atoms with van der Waals surface area (Å²) in [7, 11) is 0. The fourth-order valence-corrected chi connectivity index (χ4v) is 7.03. The first-order valence-electron chi connectivity index (χ1n) is 14.3. The van der Waals surface area contributed by atoms with E-state index in [4.69, 9.17) is 0 Å². The molecule has 0 N–H and O–H groups in total. The molecule has 7 aromatic carbocycles. The minimum absolute atomic E-state index is 1.13. The largest absolute Gasteiger partial charge is 0.310 e. The maximum absolute atomic E-state index is 2.60. The van der Waals surface area contributed by atoms with Gasteiger partial charge < -0.3 is 4.90 Å². The van der Waals surface area contributed by atoms with Gasteiger partial charge in [0.15, 0.2) is 0 Å². The van der Waals surface area contributed by atoms with Crippen molar-refractivity contribution in [1.82, 2.24) is 0 Å². The van der Waals surface area contributed by atoms with E-state index in [0.29, 0.717) is 0 Å². The third-order valence-corrected chi connectivity index (χ3v) is 9.32. The summed E-state index contributed by atoms with van der Waals surface area (Å²) in [5, 5.41) is 5.06. The molecule has 7 rings (SSSR count). The minimum atomic E-state index is 1.13. The van der Waals surface area contributed by atoms with E-state index >= 15 is 0 Å². The summed E-state index contributed by atoms with van der Waals surface area (Å²) >= 11 is 2.60. The van der Waals surface area contributed by atoms with Crippen molar-refractivity contribution in [2.45, 2.75) is 13.8 Å². The highest BCUT2D eigenvalue weighted by Crippen LogP contribution is 2.46. The molecular weight excluding hydrogens is 621 g/mol. The molecule has 0 amide bonds. The first-order valence-corrected chi connectivity index (χ1v) is 15.4. The summed E-state index contributed by atoms with van der Waals surface area (Å²) in [6, 6.07) is 52.7. The van der Waals surface area contributed by atoms with E-state index in [1.54, 1.807) is 0 Å². The molecule has 7 aromatic rings. The number of rotatable bonds is 5. The van der Waals surface area contributed by atoms with Gasteiger partial charge in [0.25, 0.3) is 0 Å². The number of hydrogen-bond acceptors (Lipinski definition) is 1. The Morgan fingerprint density at radius 3 is 1.29 bits per heavy atom. The standard InChI is InChI=1S/C40H30IN/c1-27-21-23-29-13-9-11-19-34(29)38(27)36-25-33(42(31-15-5-3-6-16-31)32-17-7-4-8-18-32)26-37(40(36)41)39-28(2)22-24-30-14-10-12-20-35(30)39/h3-26H,1-2H3. The van der Waals surface area contributed by atoms with Crippen LogP contribution in [0, 0.1) is 17.4 Å². The monoisotopic (exact) mass is 651 g/mol. The van der Waals surface area contributed by atoms with Crippen LogP contribution in [0.25, 0.3) is 43.8 Å². The summed E-state index contributed by atoms with van der Waals surface area (Å²) in [5.74, 6) is 0. The number of benzene rings is 7. The van der Waals surface area contributed by atoms with Crippen LogP contribution in [0.3, 0.4) is 0 Å². The third-order valence-electron chi connectivity index (χ3n) is 8.16. The molecule has 202 valence electrons. The van der Waals surface area contributed by atoms with Gasteiger partial charge in [0.2, 0.25) is 0 Å². The highest BCUT2D eigenvalue weighted by Gasteiger charge is 2.22. The molecule has 0 saturated carbocycles. The van der Waals surface area contributed by atoms with E-state index < -0.39 is 0 Å². The summed E-state index contributed by atoms with van der Waals surface area (Å²) < 4.78 is 1.26. The summed E-state index contributed by atoms with van der Waals surface area (Å²) in [4.78, 5) is 2.38. The second-order valence-corrected chi connectivity index (χ2v) is 11.9. The maximum atomic E-state index is 2.60. The molecule has 0 spiro atoms. The zero-order chi connectivity index (χ0) is 28.6. The average molecular weight is 652 g/mol. The Balaban J connectivity index is 1.61. The number of para-hydroxylation sites is 2. The lowest BCUT2D eigenvalue weighted by Crippen LogP contribution is -2.11. The van der Waals surface area contributed by atoms with Crippen molar-refractivity contribution in [3.05, 3.63) is 160 Å². The van der Waals surface area contributed by atoms with Gasteiger partial charge in [0.05, 0.1) is 0 Å². The Morgan fingerprint density at radius 2 is 0.833 bits per heavy atom. The quantitative estimate of drug-likeness (QED) is 0.167. The molecule has 0 radical (unpaired) electrons. The molecule has 0 saturated heterocycles. The van der Waals surface area contributed by atoms with Crippen molar-refractivity contribution in [3.8, 4) is 22.3 Å². The fourth-order valence-electron chi connectivity index (χ4n) is 6.18. The summed E-state index contributed by atoms with van der Waals surface area (Å²) in [6.45, 7) is 4.47.